The van der Waals surface area contributed by atoms with Crippen molar-refractivity contribution in [3.8, 4) is 0 Å². The van der Waals surface area contributed by atoms with E-state index in [9.17, 15) is 9.59 Å². The topological polar surface area (TPSA) is 49.4 Å². The van der Waals surface area contributed by atoms with Crippen molar-refractivity contribution < 1.29 is 9.59 Å². The third kappa shape index (κ3) is 3.52. The number of para-hydroxylation sites is 2. The van der Waals surface area contributed by atoms with E-state index in [4.69, 9.17) is 0 Å². The summed E-state index contributed by atoms with van der Waals surface area (Å²) < 4.78 is 0. The first-order valence-electron chi connectivity index (χ1n) is 11.2. The normalized spacial score (nSPS) is 20.2. The number of nitrogens with one attached hydrogen (secondary N) is 1. The quantitative estimate of drug-likeness (QED) is 0.563. The van der Waals surface area contributed by atoms with Crippen molar-refractivity contribution in [2.45, 2.75) is 38.1 Å². The van der Waals surface area contributed by atoms with E-state index >= 15 is 0 Å². The van der Waals surface area contributed by atoms with Gasteiger partial charge in [0, 0.05) is 24.1 Å². The van der Waals surface area contributed by atoms with Gasteiger partial charge in [-0.2, -0.15) is 0 Å². The highest BCUT2D eigenvalue weighted by Gasteiger charge is 2.41. The van der Waals surface area contributed by atoms with Gasteiger partial charge in [-0.15, -0.1) is 0 Å². The number of amides is 1. The van der Waals surface area contributed by atoms with Gasteiger partial charge in [0.2, 0.25) is 5.91 Å². The summed E-state index contributed by atoms with van der Waals surface area (Å²) in [6, 6.07) is 27.5. The molecule has 2 aliphatic rings. The Hall–Kier alpha value is -3.66. The zero-order valence-electron chi connectivity index (χ0n) is 18.1. The molecule has 3 aromatic rings. The van der Waals surface area contributed by atoms with Gasteiger partial charge in [0.05, 0.1) is 17.4 Å². The molecule has 4 nitrogen and oxygen atoms in total. The molecule has 3 aromatic carbocycles. The molecule has 1 aliphatic carbocycles. The summed E-state index contributed by atoms with van der Waals surface area (Å²) >= 11 is 0. The lowest BCUT2D eigenvalue weighted by molar-refractivity contribution is -0.119. The minimum atomic E-state index is -0.445. The number of fused-ring (bicyclic) bond motifs is 1. The number of carbonyl (C=O) groups is 2. The highest BCUT2D eigenvalue weighted by molar-refractivity contribution is 6.06. The van der Waals surface area contributed by atoms with Gasteiger partial charge >= 0.3 is 0 Å². The van der Waals surface area contributed by atoms with Crippen molar-refractivity contribution in [1.82, 2.24) is 0 Å². The number of carbonyl (C=O) groups excluding carboxylic acids is 2. The van der Waals surface area contributed by atoms with Crippen LogP contribution in [-0.2, 0) is 9.59 Å². The summed E-state index contributed by atoms with van der Waals surface area (Å²) in [6.07, 6.45) is 1.54. The van der Waals surface area contributed by atoms with Gasteiger partial charge in [-0.3, -0.25) is 14.5 Å². The number of hydrogen-bond donors (Lipinski definition) is 1. The van der Waals surface area contributed by atoms with E-state index in [2.05, 4.69) is 17.4 Å². The molecule has 0 unspecified atom stereocenters. The van der Waals surface area contributed by atoms with Crippen LogP contribution in [0.2, 0.25) is 0 Å². The van der Waals surface area contributed by atoms with Crippen LogP contribution in [0.5, 0.6) is 0 Å². The van der Waals surface area contributed by atoms with Crippen molar-refractivity contribution in [3.63, 3.8) is 0 Å². The molecule has 0 bridgehead atoms. The van der Waals surface area contributed by atoms with Crippen LogP contribution in [0.1, 0.15) is 49.3 Å². The lowest BCUT2D eigenvalue weighted by atomic mass is 9.78. The standard InChI is InChI=1S/C28H26N2O2/c1-2-26(32)30-24-16-10-9-15-22(24)29-23-17-21(19-11-5-3-6-12-19)18-25(31)27(23)28(30)20-13-7-4-8-14-20/h3-16,21,28-29H,2,17-18H2,1H3/t21-,28-/m1/s1. The Morgan fingerprint density at radius 3 is 2.19 bits per heavy atom. The zero-order valence-corrected chi connectivity index (χ0v) is 18.1. The molecule has 1 N–H and O–H groups in total. The minimum Gasteiger partial charge on any atom is -0.357 e. The van der Waals surface area contributed by atoms with E-state index in [1.807, 2.05) is 84.6 Å². The number of nitrogens with zero attached hydrogens (tertiary/aromatic N) is 1. The largest absolute Gasteiger partial charge is 0.357 e. The van der Waals surface area contributed by atoms with Crippen molar-refractivity contribution in [2.75, 3.05) is 10.2 Å². The number of hydrogen-bond acceptors (Lipinski definition) is 3. The molecule has 0 aromatic heterocycles. The van der Waals surface area contributed by atoms with Crippen LogP contribution in [0.15, 0.2) is 96.2 Å². The molecule has 4 heteroatoms. The van der Waals surface area contributed by atoms with Crippen molar-refractivity contribution in [1.29, 1.82) is 0 Å². The van der Waals surface area contributed by atoms with Crippen molar-refractivity contribution >= 4 is 23.1 Å². The third-order valence-corrected chi connectivity index (χ3v) is 6.45. The molecule has 1 heterocycles. The third-order valence-electron chi connectivity index (χ3n) is 6.45. The maximum Gasteiger partial charge on any atom is 0.227 e. The van der Waals surface area contributed by atoms with Gasteiger partial charge in [-0.25, -0.2) is 0 Å². The Kier molecular flexibility index (Phi) is 5.36. The SMILES string of the molecule is CCC(=O)N1c2ccccc2NC2=C(C(=O)C[C@H](c3ccccc3)C2)[C@H]1c1ccccc1. The molecule has 0 radical (unpaired) electrons. The van der Waals surface area contributed by atoms with Crippen LogP contribution in [-0.4, -0.2) is 11.7 Å². The maximum absolute atomic E-state index is 13.7. The predicted molar refractivity (Wildman–Crippen MR) is 127 cm³/mol. The second-order valence-electron chi connectivity index (χ2n) is 8.40. The average molecular weight is 423 g/mol. The molecule has 0 saturated heterocycles. The van der Waals surface area contributed by atoms with Gasteiger partial charge in [0.25, 0.3) is 0 Å². The summed E-state index contributed by atoms with van der Waals surface area (Å²) in [5.41, 5.74) is 5.42. The molecule has 1 amide bonds. The van der Waals surface area contributed by atoms with Crippen molar-refractivity contribution in [2.24, 2.45) is 0 Å². The molecule has 0 saturated carbocycles. The number of ketones is 1. The number of allylic oxidation sites excluding steroid dienone is 1. The first-order valence-corrected chi connectivity index (χ1v) is 11.2. The van der Waals surface area contributed by atoms with E-state index < -0.39 is 6.04 Å². The van der Waals surface area contributed by atoms with E-state index in [1.54, 1.807) is 0 Å². The van der Waals surface area contributed by atoms with Crippen LogP contribution in [0.3, 0.4) is 0 Å². The van der Waals surface area contributed by atoms with Crippen LogP contribution in [0.4, 0.5) is 11.4 Å². The number of anilines is 2. The average Bonchev–Trinajstić information content (AvgIpc) is 2.99. The van der Waals surface area contributed by atoms with E-state index in [0.29, 0.717) is 18.4 Å². The molecule has 32 heavy (non-hydrogen) atoms. The molecule has 2 atom stereocenters. The van der Waals surface area contributed by atoms with Crippen LogP contribution in [0, 0.1) is 0 Å². The summed E-state index contributed by atoms with van der Waals surface area (Å²) in [4.78, 5) is 28.8. The Morgan fingerprint density at radius 2 is 1.50 bits per heavy atom. The van der Waals surface area contributed by atoms with Gasteiger partial charge in [0.1, 0.15) is 0 Å². The Bertz CT molecular complexity index is 1180. The molecular weight excluding hydrogens is 396 g/mol. The van der Waals surface area contributed by atoms with Crippen LogP contribution >= 0.6 is 0 Å². The predicted octanol–water partition coefficient (Wildman–Crippen LogP) is 6.00. The number of Topliss-reactive ketones (excluding diaryl/α,β-unsaturated/α-hetero) is 1. The van der Waals surface area contributed by atoms with Gasteiger partial charge in [0.15, 0.2) is 5.78 Å². The second kappa shape index (κ2) is 8.46. The summed E-state index contributed by atoms with van der Waals surface area (Å²) in [5, 5.41) is 3.57. The van der Waals surface area contributed by atoms with Gasteiger partial charge in [-0.05, 0) is 35.6 Å². The lowest BCUT2D eigenvalue weighted by Gasteiger charge is -2.35. The Labute approximate surface area is 188 Å². The van der Waals surface area contributed by atoms with Crippen molar-refractivity contribution in [3.05, 3.63) is 107 Å². The fourth-order valence-corrected chi connectivity index (χ4v) is 4.95. The zero-order chi connectivity index (χ0) is 22.1. The van der Waals surface area contributed by atoms with Gasteiger partial charge < -0.3 is 5.32 Å². The number of rotatable bonds is 3. The van der Waals surface area contributed by atoms with Crippen LogP contribution in [0.25, 0.3) is 0 Å². The van der Waals surface area contributed by atoms with E-state index in [-0.39, 0.29) is 17.6 Å². The summed E-state index contributed by atoms with van der Waals surface area (Å²) in [7, 11) is 0. The highest BCUT2D eigenvalue weighted by Crippen LogP contribution is 2.47. The molecule has 1 aliphatic heterocycles. The number of benzene rings is 3. The lowest BCUT2D eigenvalue weighted by Crippen LogP contribution is -2.38. The Balaban J connectivity index is 1.71. The molecule has 0 spiro atoms. The summed E-state index contributed by atoms with van der Waals surface area (Å²) in [6.45, 7) is 1.87. The fourth-order valence-electron chi connectivity index (χ4n) is 4.95. The van der Waals surface area contributed by atoms with E-state index in [0.717, 1.165) is 29.1 Å². The summed E-state index contributed by atoms with van der Waals surface area (Å²) in [5.74, 6) is 0.218. The first-order chi connectivity index (χ1) is 15.7. The fraction of sp³-hybridized carbons (Fsp3) is 0.214. The molecule has 5 rings (SSSR count). The maximum atomic E-state index is 13.7. The smallest absolute Gasteiger partial charge is 0.227 e. The molecule has 160 valence electrons. The highest BCUT2D eigenvalue weighted by atomic mass is 16.2. The second-order valence-corrected chi connectivity index (χ2v) is 8.40. The van der Waals surface area contributed by atoms with Gasteiger partial charge in [-0.1, -0.05) is 79.7 Å². The Morgan fingerprint density at radius 1 is 0.875 bits per heavy atom. The monoisotopic (exact) mass is 422 g/mol. The van der Waals surface area contributed by atoms with E-state index in [1.165, 1.54) is 5.56 Å². The first kappa shape index (κ1) is 20.3. The van der Waals surface area contributed by atoms with Crippen LogP contribution < -0.4 is 10.2 Å². The molecular formula is C28H26N2O2. The minimum absolute atomic E-state index is 0.000152. The molecule has 0 fully saturated rings.